The minimum Gasteiger partial charge on any atom is -0.464 e. The van der Waals surface area contributed by atoms with Gasteiger partial charge in [0.2, 0.25) is 5.83 Å². The van der Waals surface area contributed by atoms with E-state index in [1.165, 1.54) is 26.1 Å². The predicted octanol–water partition coefficient (Wildman–Crippen LogP) is 2.43. The van der Waals surface area contributed by atoms with Gasteiger partial charge in [-0.25, -0.2) is 9.59 Å². The fourth-order valence-electron chi connectivity index (χ4n) is 0.845. The molecule has 0 aromatic carbocycles. The molecular weight excluding hydrogens is 274 g/mol. The lowest BCUT2D eigenvalue weighted by Crippen LogP contribution is -2.36. The Balaban J connectivity index is 5.23. The quantitative estimate of drug-likeness (QED) is 0.481. The molecule has 9 heteroatoms. The molecule has 0 aliphatic rings. The summed E-state index contributed by atoms with van der Waals surface area (Å²) in [5.74, 6) is -4.45. The summed E-state index contributed by atoms with van der Waals surface area (Å²) in [6, 6.07) is 0. The molecule has 19 heavy (non-hydrogen) atoms. The molecule has 0 saturated carbocycles. The van der Waals surface area contributed by atoms with Crippen LogP contribution in [0.25, 0.3) is 0 Å². The minimum absolute atomic E-state index is 0.739. The van der Waals surface area contributed by atoms with Gasteiger partial charge in [0.15, 0.2) is 5.70 Å². The number of halogens is 4. The number of hydrogen-bond acceptors (Lipinski definition) is 4. The highest BCUT2D eigenvalue weighted by molar-refractivity contribution is 5.92. The molecule has 0 aromatic rings. The Kier molecular flexibility index (Phi) is 5.34. The number of carbonyl (C=O) groups is 2. The zero-order chi connectivity index (χ0) is 15.4. The van der Waals surface area contributed by atoms with Crippen LogP contribution in [-0.2, 0) is 14.3 Å². The summed E-state index contributed by atoms with van der Waals surface area (Å²) >= 11 is 0. The van der Waals surface area contributed by atoms with Crippen LogP contribution in [0.5, 0.6) is 0 Å². The Morgan fingerprint density at radius 3 is 1.89 bits per heavy atom. The van der Waals surface area contributed by atoms with Gasteiger partial charge >= 0.3 is 18.2 Å². The van der Waals surface area contributed by atoms with Crippen molar-refractivity contribution < 1.29 is 36.6 Å². The zero-order valence-corrected chi connectivity index (χ0v) is 10.6. The molecule has 0 fully saturated rings. The van der Waals surface area contributed by atoms with Crippen LogP contribution in [0.3, 0.4) is 0 Å². The number of methoxy groups -OCH3 is 1. The van der Waals surface area contributed by atoms with Crippen LogP contribution in [0.1, 0.15) is 20.8 Å². The van der Waals surface area contributed by atoms with E-state index >= 15 is 0 Å². The number of esters is 1. The maximum atomic E-state index is 13.0. The number of carbonyl (C=O) groups excluding carboxylic acids is 2. The van der Waals surface area contributed by atoms with E-state index in [-0.39, 0.29) is 0 Å². The summed E-state index contributed by atoms with van der Waals surface area (Å²) in [5, 5.41) is 1.38. The number of allylic oxidation sites excluding steroid dienone is 1. The van der Waals surface area contributed by atoms with Gasteiger partial charge in [0, 0.05) is 0 Å². The van der Waals surface area contributed by atoms with E-state index in [1.807, 2.05) is 0 Å². The smallest absolute Gasteiger partial charge is 0.445 e. The third-order valence-corrected chi connectivity index (χ3v) is 1.48. The Hall–Kier alpha value is -1.80. The molecule has 110 valence electrons. The molecule has 5 nitrogen and oxygen atoms in total. The van der Waals surface area contributed by atoms with Gasteiger partial charge in [0.25, 0.3) is 0 Å². The molecule has 0 aliphatic heterocycles. The van der Waals surface area contributed by atoms with Gasteiger partial charge in [-0.2, -0.15) is 17.6 Å². The lowest BCUT2D eigenvalue weighted by molar-refractivity contribution is -0.139. The molecule has 0 aliphatic carbocycles. The standard InChI is InChI=1S/C10H13F4NO4/c1-9(2,3)19-8(17)15-5(7(16)18-4)6(11)10(12,13)14/h1-4H3,(H,15,17). The van der Waals surface area contributed by atoms with E-state index in [0.29, 0.717) is 0 Å². The first-order valence-corrected chi connectivity index (χ1v) is 4.93. The van der Waals surface area contributed by atoms with Crippen LogP contribution in [0, 0.1) is 0 Å². The number of nitrogens with one attached hydrogen (secondary N) is 1. The fourth-order valence-corrected chi connectivity index (χ4v) is 0.845. The molecule has 0 radical (unpaired) electrons. The molecule has 0 heterocycles. The topological polar surface area (TPSA) is 64.6 Å². The van der Waals surface area contributed by atoms with Crippen LogP contribution in [0.15, 0.2) is 11.5 Å². The van der Waals surface area contributed by atoms with E-state index in [4.69, 9.17) is 0 Å². The average molecular weight is 287 g/mol. The van der Waals surface area contributed by atoms with Crippen LogP contribution in [0.2, 0.25) is 0 Å². The van der Waals surface area contributed by atoms with Gasteiger partial charge in [-0.15, -0.1) is 0 Å². The Morgan fingerprint density at radius 1 is 1.11 bits per heavy atom. The maximum absolute atomic E-state index is 13.0. The maximum Gasteiger partial charge on any atom is 0.445 e. The van der Waals surface area contributed by atoms with Crippen molar-refractivity contribution in [3.8, 4) is 0 Å². The number of alkyl halides is 3. The van der Waals surface area contributed by atoms with Crippen LogP contribution < -0.4 is 5.32 Å². The van der Waals surface area contributed by atoms with Crippen LogP contribution >= 0.6 is 0 Å². The van der Waals surface area contributed by atoms with Gasteiger partial charge in [-0.3, -0.25) is 5.32 Å². The van der Waals surface area contributed by atoms with Crippen molar-refractivity contribution in [2.45, 2.75) is 32.5 Å². The Morgan fingerprint density at radius 2 is 1.58 bits per heavy atom. The Labute approximate surface area is 106 Å². The van der Waals surface area contributed by atoms with Gasteiger partial charge in [-0.05, 0) is 20.8 Å². The number of alkyl carbamates (subject to hydrolysis) is 1. The van der Waals surface area contributed by atoms with Crippen molar-refractivity contribution in [1.82, 2.24) is 5.32 Å². The molecular formula is C10H13F4NO4. The first-order valence-electron chi connectivity index (χ1n) is 4.93. The highest BCUT2D eigenvalue weighted by atomic mass is 19.4. The third-order valence-electron chi connectivity index (χ3n) is 1.48. The molecule has 0 bridgehead atoms. The summed E-state index contributed by atoms with van der Waals surface area (Å²) < 4.78 is 58.0. The molecule has 0 unspecified atom stereocenters. The lowest BCUT2D eigenvalue weighted by atomic mass is 10.2. The lowest BCUT2D eigenvalue weighted by Gasteiger charge is -2.20. The van der Waals surface area contributed by atoms with Crippen LogP contribution in [0.4, 0.5) is 22.4 Å². The second-order valence-corrected chi connectivity index (χ2v) is 4.31. The monoisotopic (exact) mass is 287 g/mol. The SMILES string of the molecule is COC(=O)C(NC(=O)OC(C)(C)C)=C(F)C(F)(F)F. The zero-order valence-electron chi connectivity index (χ0n) is 10.6. The largest absolute Gasteiger partial charge is 0.464 e. The number of rotatable bonds is 2. The second kappa shape index (κ2) is 5.89. The van der Waals surface area contributed by atoms with Crippen molar-refractivity contribution in [2.24, 2.45) is 0 Å². The number of ether oxygens (including phenoxy) is 2. The van der Waals surface area contributed by atoms with E-state index in [0.717, 1.165) is 7.11 Å². The van der Waals surface area contributed by atoms with Crippen molar-refractivity contribution >= 4 is 12.1 Å². The summed E-state index contributed by atoms with van der Waals surface area (Å²) in [5.41, 5.74) is -2.69. The third kappa shape index (κ3) is 6.07. The van der Waals surface area contributed by atoms with Crippen molar-refractivity contribution in [1.29, 1.82) is 0 Å². The van der Waals surface area contributed by atoms with Crippen molar-refractivity contribution in [2.75, 3.05) is 7.11 Å². The highest BCUT2D eigenvalue weighted by Gasteiger charge is 2.41. The summed E-state index contributed by atoms with van der Waals surface area (Å²) in [4.78, 5) is 22.2. The average Bonchev–Trinajstić information content (AvgIpc) is 2.20. The van der Waals surface area contributed by atoms with E-state index in [2.05, 4.69) is 9.47 Å². The van der Waals surface area contributed by atoms with Gasteiger partial charge in [0.1, 0.15) is 5.60 Å². The van der Waals surface area contributed by atoms with Gasteiger partial charge in [0.05, 0.1) is 7.11 Å². The van der Waals surface area contributed by atoms with Crippen LogP contribution in [-0.4, -0.2) is 30.9 Å². The summed E-state index contributed by atoms with van der Waals surface area (Å²) in [7, 11) is 0.739. The van der Waals surface area contributed by atoms with E-state index < -0.39 is 35.4 Å². The minimum atomic E-state index is -5.43. The van der Waals surface area contributed by atoms with Crippen molar-refractivity contribution in [3.05, 3.63) is 11.5 Å². The molecule has 1 amide bonds. The first-order chi connectivity index (χ1) is 8.38. The van der Waals surface area contributed by atoms with Gasteiger partial charge < -0.3 is 9.47 Å². The molecule has 0 atom stereocenters. The van der Waals surface area contributed by atoms with Crippen molar-refractivity contribution in [3.63, 3.8) is 0 Å². The highest BCUT2D eigenvalue weighted by Crippen LogP contribution is 2.29. The summed E-state index contributed by atoms with van der Waals surface area (Å²) in [6.45, 7) is 4.32. The molecule has 0 aromatic heterocycles. The molecule has 0 spiro atoms. The number of amides is 1. The predicted molar refractivity (Wildman–Crippen MR) is 55.6 cm³/mol. The normalized spacial score (nSPS) is 13.5. The van der Waals surface area contributed by atoms with E-state index in [1.54, 1.807) is 0 Å². The first kappa shape index (κ1) is 17.2. The molecule has 0 rings (SSSR count). The van der Waals surface area contributed by atoms with Gasteiger partial charge in [-0.1, -0.05) is 0 Å². The Bertz CT molecular complexity index is 395. The molecule has 0 saturated heterocycles. The fraction of sp³-hybridized carbons (Fsp3) is 0.600. The number of hydrogen-bond donors (Lipinski definition) is 1. The molecule has 1 N–H and O–H groups in total. The van der Waals surface area contributed by atoms with E-state index in [9.17, 15) is 27.2 Å². The summed E-state index contributed by atoms with van der Waals surface area (Å²) in [6.07, 6.45) is -6.84. The second-order valence-electron chi connectivity index (χ2n) is 4.31.